The van der Waals surface area contributed by atoms with Crippen molar-refractivity contribution in [3.63, 3.8) is 0 Å². The first-order valence-corrected chi connectivity index (χ1v) is 3.57. The van der Waals surface area contributed by atoms with Gasteiger partial charge in [-0.25, -0.2) is 0 Å². The van der Waals surface area contributed by atoms with Gasteiger partial charge in [0, 0.05) is 0 Å². The lowest BCUT2D eigenvalue weighted by molar-refractivity contribution is -0.120. The molecular weight excluding hydrogens is 138 g/mol. The Bertz CT molecular complexity index is 293. The van der Waals surface area contributed by atoms with Crippen LogP contribution >= 0.6 is 0 Å². The van der Waals surface area contributed by atoms with E-state index in [2.05, 4.69) is 5.32 Å². The van der Waals surface area contributed by atoms with E-state index in [1.807, 2.05) is 24.3 Å². The first-order chi connectivity index (χ1) is 5.36. The van der Waals surface area contributed by atoms with Gasteiger partial charge in [-0.05, 0) is 11.1 Å². The van der Waals surface area contributed by atoms with Crippen molar-refractivity contribution in [1.82, 2.24) is 5.32 Å². The number of nitrogens with one attached hydrogen (secondary N) is 1. The van der Waals surface area contributed by atoms with Crippen LogP contribution in [0, 0.1) is 6.54 Å². The number of carbonyl (C=O) groups is 1. The van der Waals surface area contributed by atoms with Crippen LogP contribution in [0.3, 0.4) is 0 Å². The van der Waals surface area contributed by atoms with E-state index in [-0.39, 0.29) is 5.91 Å². The summed E-state index contributed by atoms with van der Waals surface area (Å²) < 4.78 is 0. The number of rotatable bonds is 0. The van der Waals surface area contributed by atoms with E-state index >= 15 is 0 Å². The Kier molecular flexibility index (Phi) is 1.39. The minimum Gasteiger partial charge on any atom is -0.347 e. The fourth-order valence-electron chi connectivity index (χ4n) is 1.22. The van der Waals surface area contributed by atoms with Gasteiger partial charge < -0.3 is 5.32 Å². The van der Waals surface area contributed by atoms with Gasteiger partial charge in [-0.3, -0.25) is 4.79 Å². The quantitative estimate of drug-likeness (QED) is 0.578. The Balaban J connectivity index is 2.41. The van der Waals surface area contributed by atoms with Crippen molar-refractivity contribution >= 4 is 5.91 Å². The molecule has 1 aliphatic heterocycles. The Hall–Kier alpha value is -1.31. The number of hydrogen-bond donors (Lipinski definition) is 1. The number of benzene rings is 1. The lowest BCUT2D eigenvalue weighted by Gasteiger charge is -2.14. The van der Waals surface area contributed by atoms with Crippen LogP contribution in [0.25, 0.3) is 0 Å². The monoisotopic (exact) mass is 146 g/mol. The molecule has 2 rings (SSSR count). The highest BCUT2D eigenvalue weighted by Gasteiger charge is 2.13. The molecule has 11 heavy (non-hydrogen) atoms. The van der Waals surface area contributed by atoms with E-state index in [4.69, 9.17) is 0 Å². The van der Waals surface area contributed by atoms with Crippen LogP contribution in [-0.2, 0) is 11.2 Å². The summed E-state index contributed by atoms with van der Waals surface area (Å²) in [4.78, 5) is 10.9. The molecule has 0 fully saturated rings. The smallest absolute Gasteiger partial charge is 0.224 e. The van der Waals surface area contributed by atoms with Gasteiger partial charge in [-0.15, -0.1) is 0 Å². The maximum Gasteiger partial charge on any atom is 0.224 e. The standard InChI is InChI=1S/C9H8NO/c11-9-5-7-3-1-2-4-8(7)6-10-9/h1-4,6H,5H2,(H,10,11). The zero-order valence-electron chi connectivity index (χ0n) is 6.00. The third-order valence-electron chi connectivity index (χ3n) is 1.79. The summed E-state index contributed by atoms with van der Waals surface area (Å²) in [6, 6.07) is 7.89. The molecule has 1 aliphatic rings. The average Bonchev–Trinajstić information content (AvgIpc) is 2.04. The summed E-state index contributed by atoms with van der Waals surface area (Å²) in [5.74, 6) is 0.0729. The fraction of sp³-hybridized carbons (Fsp3) is 0.111. The molecule has 1 aromatic rings. The maximum atomic E-state index is 10.9. The minimum atomic E-state index is 0.0729. The van der Waals surface area contributed by atoms with Crippen molar-refractivity contribution < 1.29 is 4.79 Å². The van der Waals surface area contributed by atoms with Crippen LogP contribution in [0.5, 0.6) is 0 Å². The largest absolute Gasteiger partial charge is 0.347 e. The van der Waals surface area contributed by atoms with Gasteiger partial charge in [0.2, 0.25) is 5.91 Å². The van der Waals surface area contributed by atoms with E-state index in [1.54, 1.807) is 6.54 Å². The van der Waals surface area contributed by atoms with E-state index in [0.29, 0.717) is 6.42 Å². The molecular formula is C9H8NO. The van der Waals surface area contributed by atoms with Gasteiger partial charge >= 0.3 is 0 Å². The third-order valence-corrected chi connectivity index (χ3v) is 1.79. The van der Waals surface area contributed by atoms with Crippen molar-refractivity contribution in [3.05, 3.63) is 41.9 Å². The zero-order chi connectivity index (χ0) is 7.68. The lowest BCUT2D eigenvalue weighted by atomic mass is 10.0. The van der Waals surface area contributed by atoms with Gasteiger partial charge in [0.1, 0.15) is 0 Å². The number of amides is 1. The molecule has 0 aliphatic carbocycles. The van der Waals surface area contributed by atoms with Crippen molar-refractivity contribution in [3.8, 4) is 0 Å². The summed E-state index contributed by atoms with van der Waals surface area (Å²) >= 11 is 0. The second-order valence-electron chi connectivity index (χ2n) is 2.59. The molecule has 0 saturated carbocycles. The molecule has 0 aromatic heterocycles. The van der Waals surface area contributed by atoms with E-state index < -0.39 is 0 Å². The molecule has 55 valence electrons. The Morgan fingerprint density at radius 2 is 2.09 bits per heavy atom. The molecule has 1 amide bonds. The summed E-state index contributed by atoms with van der Waals surface area (Å²) in [5, 5.41) is 2.67. The van der Waals surface area contributed by atoms with Gasteiger partial charge in [0.05, 0.1) is 13.0 Å². The van der Waals surface area contributed by atoms with Crippen LogP contribution in [0.1, 0.15) is 11.1 Å². The Morgan fingerprint density at radius 3 is 3.00 bits per heavy atom. The van der Waals surface area contributed by atoms with E-state index in [0.717, 1.165) is 11.1 Å². The van der Waals surface area contributed by atoms with Gasteiger partial charge in [-0.2, -0.15) is 0 Å². The summed E-state index contributed by atoms with van der Waals surface area (Å²) in [5.41, 5.74) is 2.23. The number of fused-ring (bicyclic) bond motifs is 1. The van der Waals surface area contributed by atoms with Gasteiger partial charge in [0.15, 0.2) is 0 Å². The van der Waals surface area contributed by atoms with Crippen LogP contribution in [0.2, 0.25) is 0 Å². The van der Waals surface area contributed by atoms with Crippen molar-refractivity contribution in [1.29, 1.82) is 0 Å². The topological polar surface area (TPSA) is 29.1 Å². The highest BCUT2D eigenvalue weighted by atomic mass is 16.1. The van der Waals surface area contributed by atoms with Crippen molar-refractivity contribution in [2.75, 3.05) is 0 Å². The molecule has 0 saturated heterocycles. The predicted octanol–water partition coefficient (Wildman–Crippen LogP) is 0.869. The molecule has 2 heteroatoms. The number of hydrogen-bond acceptors (Lipinski definition) is 1. The first-order valence-electron chi connectivity index (χ1n) is 3.57. The fourth-order valence-corrected chi connectivity index (χ4v) is 1.22. The van der Waals surface area contributed by atoms with Crippen LogP contribution < -0.4 is 5.32 Å². The Labute approximate surface area is 65.2 Å². The molecule has 0 bridgehead atoms. The van der Waals surface area contributed by atoms with E-state index in [1.165, 1.54) is 0 Å². The molecule has 1 aromatic carbocycles. The minimum absolute atomic E-state index is 0.0729. The second kappa shape index (κ2) is 2.38. The zero-order valence-corrected chi connectivity index (χ0v) is 6.00. The molecule has 1 N–H and O–H groups in total. The normalized spacial score (nSPS) is 15.5. The van der Waals surface area contributed by atoms with Gasteiger partial charge in [0.25, 0.3) is 0 Å². The van der Waals surface area contributed by atoms with Crippen LogP contribution in [0.4, 0.5) is 0 Å². The second-order valence-corrected chi connectivity index (χ2v) is 2.59. The summed E-state index contributed by atoms with van der Waals surface area (Å²) in [6.45, 7) is 1.75. The molecule has 0 spiro atoms. The highest BCUT2D eigenvalue weighted by Crippen LogP contribution is 2.13. The molecule has 0 atom stereocenters. The molecule has 1 radical (unpaired) electrons. The predicted molar refractivity (Wildman–Crippen MR) is 41.7 cm³/mol. The SMILES string of the molecule is O=C1Cc2ccccc2[CH]N1. The molecule has 2 nitrogen and oxygen atoms in total. The highest BCUT2D eigenvalue weighted by molar-refractivity contribution is 5.82. The van der Waals surface area contributed by atoms with Crippen molar-refractivity contribution in [2.45, 2.75) is 6.42 Å². The summed E-state index contributed by atoms with van der Waals surface area (Å²) in [7, 11) is 0. The lowest BCUT2D eigenvalue weighted by Crippen LogP contribution is -2.28. The van der Waals surface area contributed by atoms with Crippen LogP contribution in [-0.4, -0.2) is 5.91 Å². The Morgan fingerprint density at radius 1 is 1.27 bits per heavy atom. The van der Waals surface area contributed by atoms with E-state index in [9.17, 15) is 4.79 Å². The van der Waals surface area contributed by atoms with Crippen LogP contribution in [0.15, 0.2) is 24.3 Å². The summed E-state index contributed by atoms with van der Waals surface area (Å²) in [6.07, 6.45) is 0.507. The average molecular weight is 146 g/mol. The van der Waals surface area contributed by atoms with Crippen molar-refractivity contribution in [2.24, 2.45) is 0 Å². The maximum absolute atomic E-state index is 10.9. The first kappa shape index (κ1) is 6.40. The number of carbonyl (C=O) groups excluding carboxylic acids is 1. The molecule has 1 heterocycles. The molecule has 0 unspecified atom stereocenters. The third kappa shape index (κ3) is 1.11. The van der Waals surface area contributed by atoms with Gasteiger partial charge in [-0.1, -0.05) is 24.3 Å².